The lowest BCUT2D eigenvalue weighted by molar-refractivity contribution is -0.136. The standard InChI is InChI=1S/C29H37IN4O8/c1-7-39-22-13-19(26-25(28(36)38-6)17(5)32-29(37)33-26)9-10-21(22)41-15-24(35)34-31-14-18-11-20(30)27(42-16(3)4)23(12-18)40-8-2/h9-14,16,24,26,34-35H,7-8,15H2,1-6H3,(H2,32,33,37)/b31-14+/t24-,26-/m0/s1. The fourth-order valence-corrected chi connectivity index (χ4v) is 4.85. The van der Waals surface area contributed by atoms with E-state index in [1.54, 1.807) is 31.3 Å². The van der Waals surface area contributed by atoms with Crippen molar-refractivity contribution in [2.24, 2.45) is 5.10 Å². The summed E-state index contributed by atoms with van der Waals surface area (Å²) in [6, 6.07) is 7.55. The van der Waals surface area contributed by atoms with Gasteiger partial charge in [0.25, 0.3) is 0 Å². The van der Waals surface area contributed by atoms with E-state index in [0.717, 1.165) is 9.13 Å². The van der Waals surface area contributed by atoms with Crippen LogP contribution in [0.25, 0.3) is 0 Å². The Hall–Kier alpha value is -3.72. The molecule has 1 aliphatic rings. The maximum Gasteiger partial charge on any atom is 0.337 e. The topological polar surface area (TPSA) is 149 Å². The number of nitrogens with zero attached hydrogens (tertiary/aromatic N) is 1. The summed E-state index contributed by atoms with van der Waals surface area (Å²) in [5, 5.41) is 19.9. The molecule has 0 aliphatic carbocycles. The first-order valence-corrected chi connectivity index (χ1v) is 14.5. The first-order valence-electron chi connectivity index (χ1n) is 13.4. The molecule has 3 rings (SSSR count). The van der Waals surface area contributed by atoms with Crippen LogP contribution in [-0.2, 0) is 9.53 Å². The van der Waals surface area contributed by atoms with Crippen LogP contribution in [0.5, 0.6) is 23.0 Å². The van der Waals surface area contributed by atoms with Gasteiger partial charge in [-0.3, -0.25) is 5.43 Å². The van der Waals surface area contributed by atoms with Crippen LogP contribution in [0.4, 0.5) is 4.79 Å². The molecular formula is C29H37IN4O8. The van der Waals surface area contributed by atoms with Crippen LogP contribution in [0.2, 0.25) is 0 Å². The van der Waals surface area contributed by atoms with Crippen LogP contribution >= 0.6 is 22.6 Å². The fraction of sp³-hybridized carbons (Fsp3) is 0.414. The summed E-state index contributed by atoms with van der Waals surface area (Å²) in [4.78, 5) is 24.6. The first-order chi connectivity index (χ1) is 20.1. The number of aliphatic hydroxyl groups excluding tert-OH is 1. The van der Waals surface area contributed by atoms with Gasteiger partial charge in [-0.1, -0.05) is 6.07 Å². The number of carbonyl (C=O) groups is 2. The van der Waals surface area contributed by atoms with Gasteiger partial charge in [-0.15, -0.1) is 0 Å². The summed E-state index contributed by atoms with van der Waals surface area (Å²) < 4.78 is 29.0. The number of hydrogen-bond donors (Lipinski definition) is 4. The molecule has 0 saturated carbocycles. The third-order valence-electron chi connectivity index (χ3n) is 5.79. The van der Waals surface area contributed by atoms with E-state index in [9.17, 15) is 14.7 Å². The average molecular weight is 697 g/mol. The predicted octanol–water partition coefficient (Wildman–Crippen LogP) is 4.00. The number of esters is 1. The van der Waals surface area contributed by atoms with Crippen molar-refractivity contribution in [2.75, 3.05) is 26.9 Å². The highest BCUT2D eigenvalue weighted by molar-refractivity contribution is 14.1. The zero-order chi connectivity index (χ0) is 30.8. The van der Waals surface area contributed by atoms with Crippen LogP contribution in [0.15, 0.2) is 46.7 Å². The summed E-state index contributed by atoms with van der Waals surface area (Å²) in [6.45, 7) is 9.93. The van der Waals surface area contributed by atoms with E-state index in [0.29, 0.717) is 47.5 Å². The molecule has 13 heteroatoms. The molecule has 4 N–H and O–H groups in total. The van der Waals surface area contributed by atoms with E-state index in [2.05, 4.69) is 43.8 Å². The largest absolute Gasteiger partial charge is 0.490 e. The molecule has 0 bridgehead atoms. The van der Waals surface area contributed by atoms with E-state index in [4.69, 9.17) is 23.7 Å². The van der Waals surface area contributed by atoms with Gasteiger partial charge < -0.3 is 39.4 Å². The van der Waals surface area contributed by atoms with Gasteiger partial charge in [-0.05, 0) is 92.6 Å². The van der Waals surface area contributed by atoms with Crippen molar-refractivity contribution in [3.63, 3.8) is 0 Å². The van der Waals surface area contributed by atoms with Gasteiger partial charge in [0.2, 0.25) is 0 Å². The highest BCUT2D eigenvalue weighted by atomic mass is 127. The number of nitrogens with one attached hydrogen (secondary N) is 3. The third-order valence-corrected chi connectivity index (χ3v) is 6.60. The Morgan fingerprint density at radius 1 is 1.12 bits per heavy atom. The number of rotatable bonds is 14. The van der Waals surface area contributed by atoms with Gasteiger partial charge in [0.1, 0.15) is 6.61 Å². The number of carbonyl (C=O) groups excluding carboxylic acids is 2. The summed E-state index contributed by atoms with van der Waals surface area (Å²) in [5.41, 5.74) is 4.66. The minimum atomic E-state index is -1.13. The highest BCUT2D eigenvalue weighted by Gasteiger charge is 2.32. The molecule has 228 valence electrons. The summed E-state index contributed by atoms with van der Waals surface area (Å²) in [7, 11) is 1.28. The van der Waals surface area contributed by atoms with Gasteiger partial charge in [0.15, 0.2) is 29.2 Å². The Balaban J connectivity index is 1.70. The van der Waals surface area contributed by atoms with Crippen LogP contribution in [-0.4, -0.2) is 62.6 Å². The molecule has 42 heavy (non-hydrogen) atoms. The monoisotopic (exact) mass is 696 g/mol. The van der Waals surface area contributed by atoms with Crippen molar-refractivity contribution in [1.82, 2.24) is 16.1 Å². The Morgan fingerprint density at radius 3 is 2.50 bits per heavy atom. The molecule has 0 saturated heterocycles. The number of halogens is 1. The second kappa shape index (κ2) is 15.5. The van der Waals surface area contributed by atoms with Gasteiger partial charge in [0, 0.05) is 5.70 Å². The molecule has 0 radical (unpaired) electrons. The van der Waals surface area contributed by atoms with Crippen molar-refractivity contribution in [1.29, 1.82) is 0 Å². The van der Waals surface area contributed by atoms with Gasteiger partial charge >= 0.3 is 12.0 Å². The lowest BCUT2D eigenvalue weighted by Crippen LogP contribution is -2.45. The molecule has 1 heterocycles. The van der Waals surface area contributed by atoms with Crippen molar-refractivity contribution in [3.05, 3.63) is 56.3 Å². The zero-order valence-electron chi connectivity index (χ0n) is 24.4. The molecular weight excluding hydrogens is 659 g/mol. The molecule has 0 fully saturated rings. The van der Waals surface area contributed by atoms with Crippen LogP contribution in [0.3, 0.4) is 0 Å². The Bertz CT molecular complexity index is 1330. The predicted molar refractivity (Wildman–Crippen MR) is 165 cm³/mol. The van der Waals surface area contributed by atoms with Crippen molar-refractivity contribution in [2.45, 2.75) is 53.0 Å². The number of aliphatic hydroxyl groups is 1. The smallest absolute Gasteiger partial charge is 0.337 e. The second-order valence-corrected chi connectivity index (χ2v) is 10.5. The summed E-state index contributed by atoms with van der Waals surface area (Å²) >= 11 is 2.19. The molecule has 12 nitrogen and oxygen atoms in total. The number of hydrazone groups is 1. The number of benzene rings is 2. The number of ether oxygens (including phenoxy) is 5. The normalized spacial score (nSPS) is 15.6. The lowest BCUT2D eigenvalue weighted by atomic mass is 9.95. The molecule has 2 amide bonds. The fourth-order valence-electron chi connectivity index (χ4n) is 4.10. The van der Waals surface area contributed by atoms with E-state index >= 15 is 0 Å². The summed E-state index contributed by atoms with van der Waals surface area (Å²) in [5.74, 6) is 1.47. The van der Waals surface area contributed by atoms with Crippen molar-refractivity contribution < 1.29 is 38.4 Å². The molecule has 0 aromatic heterocycles. The number of methoxy groups -OCH3 is 1. The molecule has 2 aromatic carbocycles. The van der Waals surface area contributed by atoms with E-state index in [1.165, 1.54) is 7.11 Å². The Morgan fingerprint density at radius 2 is 1.83 bits per heavy atom. The summed E-state index contributed by atoms with van der Waals surface area (Å²) in [6.07, 6.45) is 0.428. The molecule has 0 spiro atoms. The maximum atomic E-state index is 12.4. The van der Waals surface area contributed by atoms with Gasteiger partial charge in [-0.2, -0.15) is 5.10 Å². The second-order valence-electron chi connectivity index (χ2n) is 9.34. The Labute approximate surface area is 258 Å². The molecule has 2 atom stereocenters. The van der Waals surface area contributed by atoms with E-state index < -0.39 is 24.3 Å². The number of allylic oxidation sites excluding steroid dienone is 1. The van der Waals surface area contributed by atoms with Crippen LogP contribution in [0, 0.1) is 3.57 Å². The third kappa shape index (κ3) is 8.64. The van der Waals surface area contributed by atoms with Crippen molar-refractivity contribution in [3.8, 4) is 23.0 Å². The quantitative estimate of drug-likeness (QED) is 0.0757. The zero-order valence-corrected chi connectivity index (χ0v) is 26.6. The number of amides is 2. The van der Waals surface area contributed by atoms with Crippen LogP contribution < -0.4 is 35.0 Å². The first kappa shape index (κ1) is 32.8. The minimum Gasteiger partial charge on any atom is -0.490 e. The Kier molecular flexibility index (Phi) is 12.1. The average Bonchev–Trinajstić information content (AvgIpc) is 2.93. The number of hydrogen-bond acceptors (Lipinski definition) is 10. The molecule has 2 aromatic rings. The van der Waals surface area contributed by atoms with Crippen LogP contribution in [0.1, 0.15) is 51.8 Å². The van der Waals surface area contributed by atoms with Crippen molar-refractivity contribution >= 4 is 40.8 Å². The molecule has 1 aliphatic heterocycles. The van der Waals surface area contributed by atoms with Gasteiger partial charge in [0.05, 0.1) is 47.8 Å². The van der Waals surface area contributed by atoms with E-state index in [1.807, 2.05) is 39.8 Å². The SMILES string of the molecule is CCOc1cc([C@@H]2NC(=O)NC(C)=C2C(=O)OC)ccc1OC[C@H](O)N/N=C/c1cc(I)c(OC(C)C)c(OCC)c1. The minimum absolute atomic E-state index is 0.00251. The van der Waals surface area contributed by atoms with Gasteiger partial charge in [-0.25, -0.2) is 9.59 Å². The maximum absolute atomic E-state index is 12.4. The van der Waals surface area contributed by atoms with E-state index in [-0.39, 0.29) is 18.3 Å². The number of urea groups is 1. The lowest BCUT2D eigenvalue weighted by Gasteiger charge is -2.28. The highest BCUT2D eigenvalue weighted by Crippen LogP contribution is 2.36. The molecule has 0 unspecified atom stereocenters.